The zero-order valence-corrected chi connectivity index (χ0v) is 19.9. The van der Waals surface area contributed by atoms with E-state index >= 15 is 0 Å². The van der Waals surface area contributed by atoms with Gasteiger partial charge in [-0.15, -0.1) is 0 Å². The first-order chi connectivity index (χ1) is 13.7. The Morgan fingerprint density at radius 1 is 1.07 bits per heavy atom. The van der Waals surface area contributed by atoms with Gasteiger partial charge in [0.05, 0.1) is 6.10 Å². The summed E-state index contributed by atoms with van der Waals surface area (Å²) in [5.74, 6) is 3.91. The number of hydrogen-bond acceptors (Lipinski definition) is 1. The van der Waals surface area contributed by atoms with Gasteiger partial charge in [0.2, 0.25) is 0 Å². The molecular weight excluding hydrogens is 352 g/mol. The van der Waals surface area contributed by atoms with Gasteiger partial charge in [-0.05, 0) is 111 Å². The summed E-state index contributed by atoms with van der Waals surface area (Å²) in [6.45, 7) is 16.7. The van der Waals surface area contributed by atoms with E-state index in [9.17, 15) is 5.11 Å². The predicted molar refractivity (Wildman–Crippen MR) is 124 cm³/mol. The number of hydrogen-bond donors (Lipinski definition) is 1. The fourth-order valence-corrected chi connectivity index (χ4v) is 8.32. The van der Waals surface area contributed by atoms with Crippen molar-refractivity contribution in [3.63, 3.8) is 0 Å². The van der Waals surface area contributed by atoms with Crippen LogP contribution in [0.1, 0.15) is 105 Å². The van der Waals surface area contributed by atoms with Crippen molar-refractivity contribution in [3.05, 3.63) is 23.3 Å². The van der Waals surface area contributed by atoms with Crippen LogP contribution < -0.4 is 0 Å². The monoisotopic (exact) mass is 398 g/mol. The summed E-state index contributed by atoms with van der Waals surface area (Å²) in [7, 11) is 0. The maximum absolute atomic E-state index is 10.2. The average Bonchev–Trinajstić information content (AvgIpc) is 3.03. The maximum atomic E-state index is 10.2. The lowest BCUT2D eigenvalue weighted by atomic mass is 9.50. The smallest absolute Gasteiger partial charge is 0.0543 e. The molecule has 0 aromatic rings. The zero-order chi connectivity index (χ0) is 21.0. The van der Waals surface area contributed by atoms with E-state index in [1.807, 2.05) is 11.1 Å². The molecule has 1 nitrogen and oxygen atoms in total. The van der Waals surface area contributed by atoms with E-state index in [4.69, 9.17) is 0 Å². The van der Waals surface area contributed by atoms with Crippen molar-refractivity contribution in [2.24, 2.45) is 40.4 Å². The Balaban J connectivity index is 1.53. The molecule has 164 valence electrons. The molecule has 4 aliphatic rings. The predicted octanol–water partition coefficient (Wildman–Crippen LogP) is 7.70. The number of aliphatic hydroxyl groups excluding tert-OH is 1. The molecule has 4 rings (SSSR count). The highest BCUT2D eigenvalue weighted by molar-refractivity contribution is 5.34. The second-order valence-corrected chi connectivity index (χ2v) is 12.2. The summed E-state index contributed by atoms with van der Waals surface area (Å²) in [4.78, 5) is 0. The van der Waals surface area contributed by atoms with Crippen molar-refractivity contribution in [2.75, 3.05) is 0 Å². The summed E-state index contributed by atoms with van der Waals surface area (Å²) in [6.07, 6.45) is 14.1. The van der Waals surface area contributed by atoms with Crippen LogP contribution in [0, 0.1) is 40.4 Å². The summed E-state index contributed by atoms with van der Waals surface area (Å²) in [6, 6.07) is 0. The van der Waals surface area contributed by atoms with Gasteiger partial charge in [-0.1, -0.05) is 57.9 Å². The van der Waals surface area contributed by atoms with Crippen LogP contribution in [0.25, 0.3) is 0 Å². The van der Waals surface area contributed by atoms with Crippen molar-refractivity contribution in [1.82, 2.24) is 0 Å². The van der Waals surface area contributed by atoms with Crippen molar-refractivity contribution < 1.29 is 5.11 Å². The first kappa shape index (κ1) is 21.7. The van der Waals surface area contributed by atoms with E-state index < -0.39 is 0 Å². The molecule has 1 N–H and O–H groups in total. The third-order valence-corrected chi connectivity index (χ3v) is 10.5. The molecule has 29 heavy (non-hydrogen) atoms. The third-order valence-electron chi connectivity index (χ3n) is 10.5. The van der Waals surface area contributed by atoms with Gasteiger partial charge >= 0.3 is 0 Å². The van der Waals surface area contributed by atoms with Crippen molar-refractivity contribution >= 4 is 0 Å². The molecule has 1 unspecified atom stereocenters. The molecule has 0 saturated heterocycles. The van der Waals surface area contributed by atoms with E-state index in [1.165, 1.54) is 63.4 Å². The molecule has 0 bridgehead atoms. The van der Waals surface area contributed by atoms with Gasteiger partial charge < -0.3 is 5.11 Å². The van der Waals surface area contributed by atoms with Crippen molar-refractivity contribution in [2.45, 2.75) is 111 Å². The van der Waals surface area contributed by atoms with Crippen LogP contribution in [0.2, 0.25) is 0 Å². The lowest BCUT2D eigenvalue weighted by molar-refractivity contribution is 0.0133. The fourth-order valence-electron chi connectivity index (χ4n) is 8.32. The van der Waals surface area contributed by atoms with Gasteiger partial charge in [0.1, 0.15) is 0 Å². The van der Waals surface area contributed by atoms with Gasteiger partial charge in [-0.3, -0.25) is 0 Å². The summed E-state index contributed by atoms with van der Waals surface area (Å²) in [5.41, 5.74) is 6.12. The minimum absolute atomic E-state index is 0.0404. The Kier molecular flexibility index (Phi) is 5.86. The molecule has 2 saturated carbocycles. The van der Waals surface area contributed by atoms with Crippen LogP contribution in [0.5, 0.6) is 0 Å². The topological polar surface area (TPSA) is 20.2 Å². The van der Waals surface area contributed by atoms with Gasteiger partial charge in [0, 0.05) is 0 Å². The molecule has 7 atom stereocenters. The lowest BCUT2D eigenvalue weighted by Crippen LogP contribution is -2.45. The fraction of sp³-hybridized carbons (Fsp3) is 0.857. The highest BCUT2D eigenvalue weighted by Crippen LogP contribution is 2.66. The van der Waals surface area contributed by atoms with Crippen LogP contribution >= 0.6 is 0 Å². The van der Waals surface area contributed by atoms with Crippen LogP contribution in [0.3, 0.4) is 0 Å². The number of rotatable bonds is 5. The Labute approximate surface area is 180 Å². The minimum Gasteiger partial charge on any atom is -0.393 e. The molecule has 0 aromatic heterocycles. The SMILES string of the molecule is C=C(CCC(C)[C@H]1CC[C@H]2C3=C(CC[C@]12C)[C@@]1(C)CC[C@H](O)C[C@@H]1CC3)C(C)C. The van der Waals surface area contributed by atoms with Crippen molar-refractivity contribution in [3.8, 4) is 0 Å². The largest absolute Gasteiger partial charge is 0.393 e. The van der Waals surface area contributed by atoms with Gasteiger partial charge in [0.25, 0.3) is 0 Å². The molecule has 2 fully saturated rings. The lowest BCUT2D eigenvalue weighted by Gasteiger charge is -2.55. The molecule has 0 heterocycles. The van der Waals surface area contributed by atoms with Gasteiger partial charge in [0.15, 0.2) is 0 Å². The molecular formula is C28H46O. The molecule has 0 aliphatic heterocycles. The van der Waals surface area contributed by atoms with Crippen molar-refractivity contribution in [1.29, 1.82) is 0 Å². The van der Waals surface area contributed by atoms with E-state index in [0.717, 1.165) is 36.5 Å². The Hall–Kier alpha value is -0.560. The quantitative estimate of drug-likeness (QED) is 0.470. The minimum atomic E-state index is -0.0404. The maximum Gasteiger partial charge on any atom is 0.0543 e. The van der Waals surface area contributed by atoms with E-state index in [1.54, 1.807) is 0 Å². The first-order valence-corrected chi connectivity index (χ1v) is 12.7. The Bertz CT molecular complexity index is 672. The summed E-state index contributed by atoms with van der Waals surface area (Å²) in [5, 5.41) is 10.2. The van der Waals surface area contributed by atoms with E-state index in [-0.39, 0.29) is 6.10 Å². The highest BCUT2D eigenvalue weighted by atomic mass is 16.3. The van der Waals surface area contributed by atoms with E-state index in [0.29, 0.717) is 16.7 Å². The Morgan fingerprint density at radius 3 is 2.55 bits per heavy atom. The average molecular weight is 399 g/mol. The molecule has 4 aliphatic carbocycles. The van der Waals surface area contributed by atoms with Crippen LogP contribution in [-0.4, -0.2) is 11.2 Å². The van der Waals surface area contributed by atoms with Crippen LogP contribution in [-0.2, 0) is 0 Å². The standard InChI is InChI=1S/C28H46O/c1-18(2)19(3)7-8-20(4)24-11-12-25-23-10-9-21-17-22(29)13-15-27(21,5)26(23)14-16-28(24,25)6/h18,20-22,24-25,29H,3,7-17H2,1-2,4-6H3/t20?,21-,22-,24+,25-,27-,28+/m0/s1. The molecule has 0 spiro atoms. The normalized spacial score (nSPS) is 43.0. The molecule has 0 amide bonds. The molecule has 1 heteroatoms. The number of allylic oxidation sites excluding steroid dienone is 3. The highest BCUT2D eigenvalue weighted by Gasteiger charge is 2.55. The zero-order valence-electron chi connectivity index (χ0n) is 19.9. The van der Waals surface area contributed by atoms with Crippen LogP contribution in [0.4, 0.5) is 0 Å². The first-order valence-electron chi connectivity index (χ1n) is 12.7. The summed E-state index contributed by atoms with van der Waals surface area (Å²) < 4.78 is 0. The Morgan fingerprint density at radius 2 is 1.83 bits per heavy atom. The third kappa shape index (κ3) is 3.58. The molecule has 0 radical (unpaired) electrons. The summed E-state index contributed by atoms with van der Waals surface area (Å²) >= 11 is 0. The van der Waals surface area contributed by atoms with E-state index in [2.05, 4.69) is 41.2 Å². The van der Waals surface area contributed by atoms with Crippen LogP contribution in [0.15, 0.2) is 23.3 Å². The second kappa shape index (κ2) is 7.85. The number of fused-ring (bicyclic) bond motifs is 4. The second-order valence-electron chi connectivity index (χ2n) is 12.2. The molecule has 0 aromatic carbocycles. The number of aliphatic hydroxyl groups is 1. The van der Waals surface area contributed by atoms with Gasteiger partial charge in [-0.25, -0.2) is 0 Å². The van der Waals surface area contributed by atoms with Gasteiger partial charge in [-0.2, -0.15) is 0 Å².